The fourth-order valence-electron chi connectivity index (χ4n) is 2.96. The van der Waals surface area contributed by atoms with Gasteiger partial charge in [0.15, 0.2) is 0 Å². The molecule has 2 nitrogen and oxygen atoms in total. The Kier molecular flexibility index (Phi) is 3.82. The SMILES string of the molecule is CC[C@H]1CCCCN1C[C@@H]1CCNC1. The Balaban J connectivity index is 1.81. The van der Waals surface area contributed by atoms with Crippen LogP contribution in [0.4, 0.5) is 0 Å². The molecule has 2 heterocycles. The van der Waals surface area contributed by atoms with Gasteiger partial charge in [0, 0.05) is 12.6 Å². The lowest BCUT2D eigenvalue weighted by Crippen LogP contribution is -2.42. The molecule has 2 heteroatoms. The zero-order valence-corrected chi connectivity index (χ0v) is 9.47. The molecule has 2 atom stereocenters. The summed E-state index contributed by atoms with van der Waals surface area (Å²) in [5.41, 5.74) is 0. The van der Waals surface area contributed by atoms with E-state index in [4.69, 9.17) is 0 Å². The van der Waals surface area contributed by atoms with Gasteiger partial charge in [-0.3, -0.25) is 0 Å². The highest BCUT2D eigenvalue weighted by molar-refractivity contribution is 4.81. The first kappa shape index (κ1) is 10.4. The van der Waals surface area contributed by atoms with Crippen LogP contribution in [0, 0.1) is 5.92 Å². The standard InChI is InChI=1S/C12H24N2/c1-2-12-5-3-4-8-14(12)10-11-6-7-13-9-11/h11-13H,2-10H2,1H3/t11-,12+/m1/s1. The summed E-state index contributed by atoms with van der Waals surface area (Å²) in [6.45, 7) is 7.55. The van der Waals surface area contributed by atoms with Crippen molar-refractivity contribution in [3.63, 3.8) is 0 Å². The van der Waals surface area contributed by atoms with Crippen LogP contribution in [-0.4, -0.2) is 37.1 Å². The van der Waals surface area contributed by atoms with Crippen molar-refractivity contribution in [3.05, 3.63) is 0 Å². The molecule has 2 rings (SSSR count). The largest absolute Gasteiger partial charge is 0.316 e. The first-order valence-electron chi connectivity index (χ1n) is 6.35. The van der Waals surface area contributed by atoms with Crippen LogP contribution < -0.4 is 5.32 Å². The molecular weight excluding hydrogens is 172 g/mol. The van der Waals surface area contributed by atoms with Crippen LogP contribution in [0.2, 0.25) is 0 Å². The van der Waals surface area contributed by atoms with Gasteiger partial charge >= 0.3 is 0 Å². The molecule has 0 aromatic rings. The van der Waals surface area contributed by atoms with E-state index in [1.165, 1.54) is 58.3 Å². The number of nitrogens with zero attached hydrogens (tertiary/aromatic N) is 1. The Bertz CT molecular complexity index is 164. The predicted molar refractivity (Wildman–Crippen MR) is 60.5 cm³/mol. The molecule has 0 spiro atoms. The summed E-state index contributed by atoms with van der Waals surface area (Å²) in [4.78, 5) is 2.75. The van der Waals surface area contributed by atoms with Crippen molar-refractivity contribution in [2.75, 3.05) is 26.2 Å². The fraction of sp³-hybridized carbons (Fsp3) is 1.00. The lowest BCUT2D eigenvalue weighted by molar-refractivity contribution is 0.125. The number of likely N-dealkylation sites (tertiary alicyclic amines) is 1. The van der Waals surface area contributed by atoms with Crippen molar-refractivity contribution in [1.82, 2.24) is 10.2 Å². The minimum Gasteiger partial charge on any atom is -0.316 e. The summed E-state index contributed by atoms with van der Waals surface area (Å²) in [6.07, 6.45) is 7.07. The third-order valence-electron chi connectivity index (χ3n) is 3.88. The van der Waals surface area contributed by atoms with Crippen molar-refractivity contribution >= 4 is 0 Å². The summed E-state index contributed by atoms with van der Waals surface area (Å²) < 4.78 is 0. The molecule has 0 bridgehead atoms. The number of hydrogen-bond acceptors (Lipinski definition) is 2. The molecule has 2 aliphatic heterocycles. The molecule has 2 fully saturated rings. The van der Waals surface area contributed by atoms with Crippen molar-refractivity contribution in [3.8, 4) is 0 Å². The average Bonchev–Trinajstić information content (AvgIpc) is 2.71. The minimum absolute atomic E-state index is 0.893. The third-order valence-corrected chi connectivity index (χ3v) is 3.88. The summed E-state index contributed by atoms with van der Waals surface area (Å²) in [5, 5.41) is 3.47. The molecule has 2 aliphatic rings. The van der Waals surface area contributed by atoms with Crippen LogP contribution in [0.15, 0.2) is 0 Å². The van der Waals surface area contributed by atoms with Crippen molar-refractivity contribution in [1.29, 1.82) is 0 Å². The number of piperidine rings is 1. The normalized spacial score (nSPS) is 34.9. The van der Waals surface area contributed by atoms with Gasteiger partial charge in [0.1, 0.15) is 0 Å². The van der Waals surface area contributed by atoms with Gasteiger partial charge in [-0.25, -0.2) is 0 Å². The summed E-state index contributed by atoms with van der Waals surface area (Å²) in [6, 6.07) is 0.893. The Labute approximate surface area is 88.1 Å². The van der Waals surface area contributed by atoms with Crippen LogP contribution in [0.1, 0.15) is 39.0 Å². The van der Waals surface area contributed by atoms with Crippen LogP contribution in [0.3, 0.4) is 0 Å². The van der Waals surface area contributed by atoms with E-state index < -0.39 is 0 Å². The highest BCUT2D eigenvalue weighted by Crippen LogP contribution is 2.22. The third kappa shape index (κ3) is 2.48. The van der Waals surface area contributed by atoms with E-state index in [0.717, 1.165) is 12.0 Å². The van der Waals surface area contributed by atoms with Crippen LogP contribution in [0.25, 0.3) is 0 Å². The molecule has 0 radical (unpaired) electrons. The Morgan fingerprint density at radius 3 is 2.93 bits per heavy atom. The van der Waals surface area contributed by atoms with Gasteiger partial charge in [-0.05, 0) is 51.2 Å². The zero-order valence-electron chi connectivity index (χ0n) is 9.47. The quantitative estimate of drug-likeness (QED) is 0.741. The molecule has 0 aromatic heterocycles. The maximum absolute atomic E-state index is 3.47. The van der Waals surface area contributed by atoms with Gasteiger partial charge in [-0.15, -0.1) is 0 Å². The van der Waals surface area contributed by atoms with Gasteiger partial charge in [0.05, 0.1) is 0 Å². The number of nitrogens with one attached hydrogen (secondary N) is 1. The van der Waals surface area contributed by atoms with Gasteiger partial charge in [0.2, 0.25) is 0 Å². The van der Waals surface area contributed by atoms with Crippen LogP contribution in [-0.2, 0) is 0 Å². The molecule has 82 valence electrons. The van der Waals surface area contributed by atoms with Gasteiger partial charge < -0.3 is 10.2 Å². The van der Waals surface area contributed by atoms with Gasteiger partial charge in [-0.1, -0.05) is 13.3 Å². The van der Waals surface area contributed by atoms with Crippen molar-refractivity contribution in [2.24, 2.45) is 5.92 Å². The smallest absolute Gasteiger partial charge is 0.00927 e. The maximum atomic E-state index is 3.47. The molecule has 0 saturated carbocycles. The highest BCUT2D eigenvalue weighted by Gasteiger charge is 2.24. The van der Waals surface area contributed by atoms with Crippen LogP contribution >= 0.6 is 0 Å². The van der Waals surface area contributed by atoms with E-state index in [2.05, 4.69) is 17.1 Å². The highest BCUT2D eigenvalue weighted by atomic mass is 15.2. The second kappa shape index (κ2) is 5.13. The van der Waals surface area contributed by atoms with Gasteiger partial charge in [-0.2, -0.15) is 0 Å². The lowest BCUT2D eigenvalue weighted by Gasteiger charge is -2.36. The second-order valence-corrected chi connectivity index (χ2v) is 4.91. The second-order valence-electron chi connectivity index (χ2n) is 4.91. The average molecular weight is 196 g/mol. The Hall–Kier alpha value is -0.0800. The minimum atomic E-state index is 0.893. The van der Waals surface area contributed by atoms with E-state index >= 15 is 0 Å². The molecule has 1 N–H and O–H groups in total. The number of hydrogen-bond donors (Lipinski definition) is 1. The fourth-order valence-corrected chi connectivity index (χ4v) is 2.96. The van der Waals surface area contributed by atoms with Crippen molar-refractivity contribution < 1.29 is 0 Å². The maximum Gasteiger partial charge on any atom is 0.00927 e. The molecule has 14 heavy (non-hydrogen) atoms. The summed E-state index contributed by atoms with van der Waals surface area (Å²) in [7, 11) is 0. The molecule has 0 aromatic carbocycles. The van der Waals surface area contributed by atoms with E-state index in [0.29, 0.717) is 0 Å². The van der Waals surface area contributed by atoms with E-state index in [9.17, 15) is 0 Å². The Morgan fingerprint density at radius 2 is 2.21 bits per heavy atom. The van der Waals surface area contributed by atoms with E-state index in [1.54, 1.807) is 0 Å². The molecule has 0 aliphatic carbocycles. The topological polar surface area (TPSA) is 15.3 Å². The molecule has 2 saturated heterocycles. The van der Waals surface area contributed by atoms with Crippen molar-refractivity contribution in [2.45, 2.75) is 45.1 Å². The lowest BCUT2D eigenvalue weighted by atomic mass is 9.98. The van der Waals surface area contributed by atoms with Gasteiger partial charge in [0.25, 0.3) is 0 Å². The molecule has 0 amide bonds. The summed E-state index contributed by atoms with van der Waals surface area (Å²) >= 11 is 0. The first-order valence-corrected chi connectivity index (χ1v) is 6.35. The van der Waals surface area contributed by atoms with E-state index in [-0.39, 0.29) is 0 Å². The number of rotatable bonds is 3. The Morgan fingerprint density at radius 1 is 1.29 bits per heavy atom. The predicted octanol–water partition coefficient (Wildman–Crippen LogP) is 1.86. The van der Waals surface area contributed by atoms with Crippen LogP contribution in [0.5, 0.6) is 0 Å². The summed E-state index contributed by atoms with van der Waals surface area (Å²) in [5.74, 6) is 0.933. The molecular formula is C12H24N2. The molecule has 0 unspecified atom stereocenters. The zero-order chi connectivity index (χ0) is 9.80. The monoisotopic (exact) mass is 196 g/mol. The van der Waals surface area contributed by atoms with E-state index in [1.807, 2.05) is 0 Å². The first-order chi connectivity index (χ1) is 6.90.